The Bertz CT molecular complexity index is 447. The summed E-state index contributed by atoms with van der Waals surface area (Å²) in [6.45, 7) is 2.02. The minimum Gasteiger partial charge on any atom is -0.398 e. The molecular formula is C10H10ClNS. The van der Waals surface area contributed by atoms with Crippen molar-refractivity contribution < 1.29 is 0 Å². The average molecular weight is 212 g/mol. The molecule has 0 radical (unpaired) electrons. The van der Waals surface area contributed by atoms with Crippen LogP contribution in [0.4, 0.5) is 5.69 Å². The molecule has 1 aromatic heterocycles. The highest BCUT2D eigenvalue weighted by Gasteiger charge is 2.04. The minimum absolute atomic E-state index is 0.558. The molecule has 0 unspecified atom stereocenters. The van der Waals surface area contributed by atoms with E-state index in [1.165, 1.54) is 15.6 Å². The Morgan fingerprint density at radius 2 is 2.23 bits per heavy atom. The summed E-state index contributed by atoms with van der Waals surface area (Å²) in [5, 5.41) is 3.29. The highest BCUT2D eigenvalue weighted by atomic mass is 35.5. The van der Waals surface area contributed by atoms with E-state index in [1.807, 2.05) is 13.0 Å². The molecule has 0 atom stereocenters. The number of anilines is 1. The van der Waals surface area contributed by atoms with Crippen molar-refractivity contribution in [3.8, 4) is 0 Å². The Morgan fingerprint density at radius 1 is 1.46 bits per heavy atom. The normalized spacial score (nSPS) is 10.9. The van der Waals surface area contributed by atoms with E-state index in [-0.39, 0.29) is 0 Å². The van der Waals surface area contributed by atoms with Crippen molar-refractivity contribution in [3.05, 3.63) is 28.6 Å². The van der Waals surface area contributed by atoms with Gasteiger partial charge in [-0.2, -0.15) is 0 Å². The number of aryl methyl sites for hydroxylation is 1. The maximum atomic E-state index is 5.83. The van der Waals surface area contributed by atoms with Gasteiger partial charge in [0.25, 0.3) is 0 Å². The molecule has 0 saturated carbocycles. The van der Waals surface area contributed by atoms with Gasteiger partial charge in [-0.1, -0.05) is 0 Å². The second-order valence-corrected chi connectivity index (χ2v) is 4.28. The van der Waals surface area contributed by atoms with Gasteiger partial charge < -0.3 is 5.73 Å². The predicted molar refractivity (Wildman–Crippen MR) is 60.5 cm³/mol. The van der Waals surface area contributed by atoms with Crippen LogP contribution in [0.3, 0.4) is 0 Å². The van der Waals surface area contributed by atoms with E-state index in [4.69, 9.17) is 17.3 Å². The molecule has 68 valence electrons. The van der Waals surface area contributed by atoms with Gasteiger partial charge in [0.2, 0.25) is 0 Å². The Hall–Kier alpha value is -0.730. The third-order valence-corrected chi connectivity index (χ3v) is 3.47. The zero-order valence-corrected chi connectivity index (χ0v) is 8.88. The van der Waals surface area contributed by atoms with Gasteiger partial charge in [-0.05, 0) is 40.9 Å². The Balaban J connectivity index is 2.77. The lowest BCUT2D eigenvalue weighted by molar-refractivity contribution is 1.47. The first kappa shape index (κ1) is 8.85. The number of hydrogen-bond acceptors (Lipinski definition) is 2. The molecular weight excluding hydrogens is 202 g/mol. The molecule has 1 heterocycles. The van der Waals surface area contributed by atoms with Gasteiger partial charge in [0.05, 0.1) is 0 Å². The van der Waals surface area contributed by atoms with Crippen LogP contribution in [-0.2, 0) is 5.88 Å². The van der Waals surface area contributed by atoms with Crippen LogP contribution in [0.1, 0.15) is 11.1 Å². The van der Waals surface area contributed by atoms with E-state index in [2.05, 4.69) is 11.4 Å². The van der Waals surface area contributed by atoms with Crippen LogP contribution in [-0.4, -0.2) is 0 Å². The third kappa shape index (κ3) is 1.40. The molecule has 0 aliphatic rings. The quantitative estimate of drug-likeness (QED) is 0.567. The van der Waals surface area contributed by atoms with Crippen LogP contribution >= 0.6 is 22.9 Å². The first-order valence-electron chi connectivity index (χ1n) is 4.04. The summed E-state index contributed by atoms with van der Waals surface area (Å²) >= 11 is 7.53. The van der Waals surface area contributed by atoms with E-state index in [9.17, 15) is 0 Å². The third-order valence-electron chi connectivity index (χ3n) is 2.19. The summed E-state index contributed by atoms with van der Waals surface area (Å²) in [6, 6.07) is 4.13. The number of nitrogen functional groups attached to an aromatic ring is 1. The largest absolute Gasteiger partial charge is 0.398 e. The van der Waals surface area contributed by atoms with Crippen molar-refractivity contribution in [1.29, 1.82) is 0 Å². The molecule has 2 N–H and O–H groups in total. The molecule has 13 heavy (non-hydrogen) atoms. The fourth-order valence-corrected chi connectivity index (χ4v) is 2.70. The van der Waals surface area contributed by atoms with E-state index < -0.39 is 0 Å². The Kier molecular flexibility index (Phi) is 2.18. The van der Waals surface area contributed by atoms with Gasteiger partial charge in [-0.3, -0.25) is 0 Å². The lowest BCUT2D eigenvalue weighted by Gasteiger charge is -2.00. The molecule has 0 spiro atoms. The number of alkyl halides is 1. The molecule has 1 nitrogen and oxygen atoms in total. The van der Waals surface area contributed by atoms with Crippen molar-refractivity contribution >= 4 is 38.7 Å². The molecule has 2 rings (SSSR count). The maximum Gasteiger partial charge on any atom is 0.0488 e. The summed E-state index contributed by atoms with van der Waals surface area (Å²) in [5.41, 5.74) is 8.98. The van der Waals surface area contributed by atoms with E-state index in [1.54, 1.807) is 11.3 Å². The zero-order chi connectivity index (χ0) is 9.42. The number of halogens is 1. The topological polar surface area (TPSA) is 26.0 Å². The monoisotopic (exact) mass is 211 g/mol. The van der Waals surface area contributed by atoms with Crippen molar-refractivity contribution in [3.63, 3.8) is 0 Å². The Morgan fingerprint density at radius 3 is 2.92 bits per heavy atom. The predicted octanol–water partition coefficient (Wildman–Crippen LogP) is 3.53. The summed E-state index contributed by atoms with van der Waals surface area (Å²) in [6.07, 6.45) is 0. The fourth-order valence-electron chi connectivity index (χ4n) is 1.35. The number of fused-ring (bicyclic) bond motifs is 1. The highest BCUT2D eigenvalue weighted by Crippen LogP contribution is 2.30. The molecule has 0 fully saturated rings. The second-order valence-electron chi connectivity index (χ2n) is 3.10. The molecule has 1 aromatic carbocycles. The van der Waals surface area contributed by atoms with Gasteiger partial charge in [0.15, 0.2) is 0 Å². The summed E-state index contributed by atoms with van der Waals surface area (Å²) in [4.78, 5) is 0. The smallest absolute Gasteiger partial charge is 0.0488 e. The van der Waals surface area contributed by atoms with E-state index in [0.717, 1.165) is 11.3 Å². The van der Waals surface area contributed by atoms with E-state index in [0.29, 0.717) is 5.88 Å². The minimum atomic E-state index is 0.558. The highest BCUT2D eigenvalue weighted by molar-refractivity contribution is 7.17. The average Bonchev–Trinajstić information content (AvgIpc) is 2.48. The molecule has 0 aliphatic heterocycles. The van der Waals surface area contributed by atoms with Crippen LogP contribution in [0.2, 0.25) is 0 Å². The fraction of sp³-hybridized carbons (Fsp3) is 0.200. The van der Waals surface area contributed by atoms with Gasteiger partial charge in [0, 0.05) is 16.3 Å². The second kappa shape index (κ2) is 3.20. The van der Waals surface area contributed by atoms with Crippen LogP contribution in [0.5, 0.6) is 0 Å². The summed E-state index contributed by atoms with van der Waals surface area (Å²) in [7, 11) is 0. The number of nitrogens with two attached hydrogens (primary N) is 1. The van der Waals surface area contributed by atoms with Crippen molar-refractivity contribution in [2.24, 2.45) is 0 Å². The number of thiophene rings is 1. The number of hydrogen-bond donors (Lipinski definition) is 1. The zero-order valence-electron chi connectivity index (χ0n) is 7.30. The molecule has 0 aliphatic carbocycles. The lowest BCUT2D eigenvalue weighted by Crippen LogP contribution is -1.88. The first-order valence-corrected chi connectivity index (χ1v) is 5.46. The van der Waals surface area contributed by atoms with Gasteiger partial charge in [-0.15, -0.1) is 22.9 Å². The molecule has 0 bridgehead atoms. The van der Waals surface area contributed by atoms with Crippen molar-refractivity contribution in [2.75, 3.05) is 5.73 Å². The Labute approximate surface area is 86.1 Å². The van der Waals surface area contributed by atoms with Crippen LogP contribution in [0, 0.1) is 6.92 Å². The van der Waals surface area contributed by atoms with Crippen LogP contribution < -0.4 is 5.73 Å². The van der Waals surface area contributed by atoms with Gasteiger partial charge in [-0.25, -0.2) is 0 Å². The molecule has 0 saturated heterocycles. The van der Waals surface area contributed by atoms with Crippen LogP contribution in [0.25, 0.3) is 10.1 Å². The van der Waals surface area contributed by atoms with Crippen LogP contribution in [0.15, 0.2) is 17.5 Å². The number of benzene rings is 1. The van der Waals surface area contributed by atoms with Gasteiger partial charge in [0.1, 0.15) is 0 Å². The standard InChI is InChI=1S/C10H10ClNS/c1-6-2-10-8(3-9(6)12)7(4-11)5-13-10/h2-3,5H,4,12H2,1H3. The van der Waals surface area contributed by atoms with Crippen molar-refractivity contribution in [2.45, 2.75) is 12.8 Å². The number of rotatable bonds is 1. The SMILES string of the molecule is Cc1cc2scc(CCl)c2cc1N. The molecule has 2 aromatic rings. The van der Waals surface area contributed by atoms with E-state index >= 15 is 0 Å². The molecule has 0 amide bonds. The summed E-state index contributed by atoms with van der Waals surface area (Å²) < 4.78 is 1.27. The lowest BCUT2D eigenvalue weighted by atomic mass is 10.1. The van der Waals surface area contributed by atoms with Crippen molar-refractivity contribution in [1.82, 2.24) is 0 Å². The van der Waals surface area contributed by atoms with Gasteiger partial charge >= 0.3 is 0 Å². The summed E-state index contributed by atoms with van der Waals surface area (Å²) in [5.74, 6) is 0.558. The molecule has 3 heteroatoms. The maximum absolute atomic E-state index is 5.83. The first-order chi connectivity index (χ1) is 6.22.